The minimum absolute atomic E-state index is 0.278. The number of Topliss-reactive ketones (excluding diaryl/α,β-unsaturated/α-hetero) is 1. The molecule has 1 aromatic heterocycles. The fourth-order valence-electron chi connectivity index (χ4n) is 2.70. The summed E-state index contributed by atoms with van der Waals surface area (Å²) in [6, 6.07) is 2.35. The van der Waals surface area contributed by atoms with Crippen molar-refractivity contribution in [3.63, 3.8) is 0 Å². The molecule has 2 rings (SSSR count). The number of carbonyl (C=O) groups excluding carboxylic acids is 1. The Morgan fingerprint density at radius 1 is 1.50 bits per heavy atom. The smallest absolute Gasteiger partial charge is 0.150 e. The van der Waals surface area contributed by atoms with E-state index in [-0.39, 0.29) is 5.78 Å². The van der Waals surface area contributed by atoms with Crippen molar-refractivity contribution in [1.82, 2.24) is 10.1 Å². The Labute approximate surface area is 108 Å². The molecule has 1 saturated heterocycles. The molecular formula is C14H22N2O2. The number of likely N-dealkylation sites (tertiary alicyclic amines) is 1. The molecule has 1 atom stereocenters. The van der Waals surface area contributed by atoms with Gasteiger partial charge in [0.2, 0.25) is 0 Å². The van der Waals surface area contributed by atoms with Gasteiger partial charge in [-0.25, -0.2) is 0 Å². The van der Waals surface area contributed by atoms with Crippen LogP contribution in [-0.4, -0.2) is 28.4 Å². The first kappa shape index (κ1) is 13.3. The van der Waals surface area contributed by atoms with E-state index in [4.69, 9.17) is 4.52 Å². The highest BCUT2D eigenvalue weighted by atomic mass is 16.5. The van der Waals surface area contributed by atoms with E-state index in [1.54, 1.807) is 6.92 Å². The van der Waals surface area contributed by atoms with Crippen LogP contribution in [0.2, 0.25) is 0 Å². The molecule has 0 radical (unpaired) electrons. The van der Waals surface area contributed by atoms with E-state index in [2.05, 4.69) is 10.1 Å². The highest BCUT2D eigenvalue weighted by molar-refractivity contribution is 5.76. The van der Waals surface area contributed by atoms with Crippen LogP contribution in [0, 0.1) is 6.92 Å². The molecule has 1 aliphatic heterocycles. The molecule has 4 heteroatoms. The van der Waals surface area contributed by atoms with Gasteiger partial charge in [-0.15, -0.1) is 0 Å². The highest BCUT2D eigenvalue weighted by Crippen LogP contribution is 2.22. The lowest BCUT2D eigenvalue weighted by Crippen LogP contribution is -2.35. The second-order valence-electron chi connectivity index (χ2n) is 5.31. The third-order valence-corrected chi connectivity index (χ3v) is 3.56. The van der Waals surface area contributed by atoms with E-state index in [1.165, 1.54) is 19.3 Å². The van der Waals surface area contributed by atoms with Gasteiger partial charge in [-0.2, -0.15) is 0 Å². The van der Waals surface area contributed by atoms with E-state index >= 15 is 0 Å². The first-order valence-electron chi connectivity index (χ1n) is 6.81. The van der Waals surface area contributed by atoms with Crippen LogP contribution in [0.5, 0.6) is 0 Å². The Morgan fingerprint density at radius 2 is 2.33 bits per heavy atom. The fraction of sp³-hybridized carbons (Fsp3) is 0.714. The zero-order chi connectivity index (χ0) is 13.0. The van der Waals surface area contributed by atoms with Crippen LogP contribution in [-0.2, 0) is 11.3 Å². The van der Waals surface area contributed by atoms with Crippen LogP contribution >= 0.6 is 0 Å². The third-order valence-electron chi connectivity index (χ3n) is 3.56. The number of ketones is 1. The molecular weight excluding hydrogens is 228 g/mol. The predicted molar refractivity (Wildman–Crippen MR) is 69.2 cm³/mol. The van der Waals surface area contributed by atoms with Crippen molar-refractivity contribution >= 4 is 5.78 Å². The van der Waals surface area contributed by atoms with E-state index in [1.807, 2.05) is 13.0 Å². The molecule has 1 unspecified atom stereocenters. The maximum Gasteiger partial charge on any atom is 0.150 e. The Kier molecular flexibility index (Phi) is 4.53. The summed E-state index contributed by atoms with van der Waals surface area (Å²) in [6.07, 6.45) is 5.48. The summed E-state index contributed by atoms with van der Waals surface area (Å²) in [7, 11) is 0. The topological polar surface area (TPSA) is 46.3 Å². The average molecular weight is 250 g/mol. The number of aryl methyl sites for hydroxylation is 1. The molecule has 0 aromatic carbocycles. The minimum atomic E-state index is 0.278. The van der Waals surface area contributed by atoms with Crippen molar-refractivity contribution in [2.45, 2.75) is 58.5 Å². The SMILES string of the molecule is CC(=O)CC1CCCCCN1Cc1cc(C)no1. The number of hydrogen-bond acceptors (Lipinski definition) is 4. The standard InChI is InChI=1S/C14H22N2O2/c1-11-8-14(18-15-11)10-16-7-5-3-4-6-13(16)9-12(2)17/h8,13H,3-7,9-10H2,1-2H3. The van der Waals surface area contributed by atoms with Gasteiger partial charge >= 0.3 is 0 Å². The van der Waals surface area contributed by atoms with E-state index in [0.717, 1.165) is 31.0 Å². The Morgan fingerprint density at radius 3 is 3.00 bits per heavy atom. The molecule has 2 heterocycles. The molecule has 0 spiro atoms. The maximum atomic E-state index is 11.4. The number of nitrogens with zero attached hydrogens (tertiary/aromatic N) is 2. The summed E-state index contributed by atoms with van der Waals surface area (Å²) < 4.78 is 5.28. The summed E-state index contributed by atoms with van der Waals surface area (Å²) in [5.74, 6) is 1.18. The third kappa shape index (κ3) is 3.67. The molecule has 0 amide bonds. The zero-order valence-electron chi connectivity index (χ0n) is 11.3. The molecule has 1 aliphatic rings. The number of carbonyl (C=O) groups is 1. The summed E-state index contributed by atoms with van der Waals surface area (Å²) in [5, 5.41) is 3.92. The fourth-order valence-corrected chi connectivity index (χ4v) is 2.70. The van der Waals surface area contributed by atoms with Crippen LogP contribution in [0.25, 0.3) is 0 Å². The number of aromatic nitrogens is 1. The second kappa shape index (κ2) is 6.14. The van der Waals surface area contributed by atoms with Gasteiger partial charge in [0.25, 0.3) is 0 Å². The minimum Gasteiger partial charge on any atom is -0.360 e. The van der Waals surface area contributed by atoms with Crippen molar-refractivity contribution in [1.29, 1.82) is 0 Å². The van der Waals surface area contributed by atoms with Crippen molar-refractivity contribution in [3.05, 3.63) is 17.5 Å². The van der Waals surface area contributed by atoms with Gasteiger partial charge < -0.3 is 4.52 Å². The first-order chi connectivity index (χ1) is 8.65. The van der Waals surface area contributed by atoms with Gasteiger partial charge in [-0.05, 0) is 33.2 Å². The Hall–Kier alpha value is -1.16. The van der Waals surface area contributed by atoms with Gasteiger partial charge in [0.1, 0.15) is 5.78 Å². The number of rotatable bonds is 4. The van der Waals surface area contributed by atoms with Crippen LogP contribution < -0.4 is 0 Å². The van der Waals surface area contributed by atoms with Gasteiger partial charge in [-0.1, -0.05) is 18.0 Å². The Balaban J connectivity index is 2.02. The largest absolute Gasteiger partial charge is 0.360 e. The quantitative estimate of drug-likeness (QED) is 0.824. The molecule has 0 saturated carbocycles. The second-order valence-corrected chi connectivity index (χ2v) is 5.31. The normalized spacial score (nSPS) is 21.8. The van der Waals surface area contributed by atoms with Crippen molar-refractivity contribution in [2.75, 3.05) is 6.54 Å². The van der Waals surface area contributed by atoms with Crippen LogP contribution in [0.4, 0.5) is 0 Å². The van der Waals surface area contributed by atoms with Crippen molar-refractivity contribution in [3.8, 4) is 0 Å². The lowest BCUT2D eigenvalue weighted by atomic mass is 10.0. The van der Waals surface area contributed by atoms with Crippen molar-refractivity contribution < 1.29 is 9.32 Å². The molecule has 1 aromatic rings. The van der Waals surface area contributed by atoms with E-state index in [0.29, 0.717) is 12.5 Å². The molecule has 0 aliphatic carbocycles. The highest BCUT2D eigenvalue weighted by Gasteiger charge is 2.23. The van der Waals surface area contributed by atoms with Crippen LogP contribution in [0.3, 0.4) is 0 Å². The van der Waals surface area contributed by atoms with Crippen LogP contribution in [0.15, 0.2) is 10.6 Å². The van der Waals surface area contributed by atoms with Gasteiger partial charge in [0.15, 0.2) is 5.76 Å². The van der Waals surface area contributed by atoms with Crippen molar-refractivity contribution in [2.24, 2.45) is 0 Å². The monoisotopic (exact) mass is 250 g/mol. The zero-order valence-corrected chi connectivity index (χ0v) is 11.3. The molecule has 1 fully saturated rings. The number of hydrogen-bond donors (Lipinski definition) is 0. The Bertz CT molecular complexity index is 400. The summed E-state index contributed by atoms with van der Waals surface area (Å²) in [4.78, 5) is 13.7. The predicted octanol–water partition coefficient (Wildman–Crippen LogP) is 2.71. The lowest BCUT2D eigenvalue weighted by Gasteiger charge is -2.28. The average Bonchev–Trinajstić information content (AvgIpc) is 2.58. The van der Waals surface area contributed by atoms with Gasteiger partial charge in [0.05, 0.1) is 12.2 Å². The lowest BCUT2D eigenvalue weighted by molar-refractivity contribution is -0.118. The maximum absolute atomic E-state index is 11.4. The first-order valence-corrected chi connectivity index (χ1v) is 6.81. The molecule has 18 heavy (non-hydrogen) atoms. The van der Waals surface area contributed by atoms with Gasteiger partial charge in [-0.3, -0.25) is 9.69 Å². The molecule has 100 valence electrons. The summed E-state index contributed by atoms with van der Waals surface area (Å²) in [5.41, 5.74) is 0.919. The van der Waals surface area contributed by atoms with Gasteiger partial charge in [0, 0.05) is 18.5 Å². The molecule has 0 N–H and O–H groups in total. The molecule has 4 nitrogen and oxygen atoms in total. The van der Waals surface area contributed by atoms with E-state index in [9.17, 15) is 4.79 Å². The van der Waals surface area contributed by atoms with E-state index < -0.39 is 0 Å². The van der Waals surface area contributed by atoms with Crippen LogP contribution in [0.1, 0.15) is 50.5 Å². The summed E-state index contributed by atoms with van der Waals surface area (Å²) in [6.45, 7) is 5.45. The summed E-state index contributed by atoms with van der Waals surface area (Å²) >= 11 is 0. The molecule has 0 bridgehead atoms.